The van der Waals surface area contributed by atoms with Crippen LogP contribution in [0.3, 0.4) is 0 Å². The number of amides is 1. The number of hydrogen-bond donors (Lipinski definition) is 2. The second-order valence-corrected chi connectivity index (χ2v) is 8.87. The number of hydrogen-bond acceptors (Lipinski definition) is 5. The van der Waals surface area contributed by atoms with Crippen LogP contribution in [-0.2, 0) is 16.2 Å². The van der Waals surface area contributed by atoms with E-state index in [4.69, 9.17) is 9.47 Å². The zero-order valence-corrected chi connectivity index (χ0v) is 19.7. The van der Waals surface area contributed by atoms with E-state index >= 15 is 0 Å². The van der Waals surface area contributed by atoms with E-state index in [0.717, 1.165) is 12.1 Å². The molecule has 0 aliphatic carbocycles. The SMILES string of the molecule is CCOc1ccc(C(=O)Nc2ccc(S(=O)(=O)Nc3cccc(C(F)(F)F)c3)cc2)cc1OCC. The van der Waals surface area contributed by atoms with Crippen LogP contribution in [0, 0.1) is 0 Å². The van der Waals surface area contributed by atoms with Crippen molar-refractivity contribution in [3.05, 3.63) is 77.9 Å². The predicted octanol–water partition coefficient (Wildman–Crippen LogP) is 5.56. The highest BCUT2D eigenvalue weighted by atomic mass is 32.2. The maximum Gasteiger partial charge on any atom is 0.416 e. The van der Waals surface area contributed by atoms with E-state index in [2.05, 4.69) is 10.0 Å². The molecule has 0 fully saturated rings. The number of anilines is 2. The van der Waals surface area contributed by atoms with Gasteiger partial charge in [0, 0.05) is 16.9 Å². The van der Waals surface area contributed by atoms with Gasteiger partial charge in [-0.1, -0.05) is 6.07 Å². The Balaban J connectivity index is 1.73. The van der Waals surface area contributed by atoms with Crippen LogP contribution in [0.15, 0.2) is 71.6 Å². The number of carbonyl (C=O) groups excluding carboxylic acids is 1. The van der Waals surface area contributed by atoms with Crippen molar-refractivity contribution in [3.8, 4) is 11.5 Å². The van der Waals surface area contributed by atoms with E-state index < -0.39 is 27.7 Å². The van der Waals surface area contributed by atoms with E-state index in [1.54, 1.807) is 25.1 Å². The van der Waals surface area contributed by atoms with Gasteiger partial charge in [0.25, 0.3) is 15.9 Å². The van der Waals surface area contributed by atoms with Gasteiger partial charge >= 0.3 is 6.18 Å². The fraction of sp³-hybridized carbons (Fsp3) is 0.208. The zero-order chi connectivity index (χ0) is 25.6. The highest BCUT2D eigenvalue weighted by Crippen LogP contribution is 2.31. The van der Waals surface area contributed by atoms with Gasteiger partial charge < -0.3 is 14.8 Å². The van der Waals surface area contributed by atoms with Crippen LogP contribution in [0.25, 0.3) is 0 Å². The molecule has 7 nitrogen and oxygen atoms in total. The molecule has 0 saturated carbocycles. The van der Waals surface area contributed by atoms with Crippen molar-refractivity contribution < 1.29 is 35.9 Å². The topological polar surface area (TPSA) is 93.7 Å². The third kappa shape index (κ3) is 6.66. The van der Waals surface area contributed by atoms with Gasteiger partial charge in [-0.05, 0) is 74.5 Å². The Labute approximate surface area is 200 Å². The Hall–Kier alpha value is -3.73. The first kappa shape index (κ1) is 25.9. The quantitative estimate of drug-likeness (QED) is 0.395. The van der Waals surface area contributed by atoms with Crippen molar-refractivity contribution >= 4 is 27.3 Å². The standard InChI is InChI=1S/C24H23F3N2O5S/c1-3-33-21-13-8-16(14-22(21)34-4-2)23(30)28-18-9-11-20(12-10-18)35(31,32)29-19-7-5-6-17(15-19)24(25,26)27/h5-15,29H,3-4H2,1-2H3,(H,28,30). The van der Waals surface area contributed by atoms with Gasteiger partial charge in [0.1, 0.15) is 0 Å². The summed E-state index contributed by atoms with van der Waals surface area (Å²) in [4.78, 5) is 12.5. The normalized spacial score (nSPS) is 11.6. The molecule has 0 aliphatic rings. The minimum atomic E-state index is -4.60. The van der Waals surface area contributed by atoms with Gasteiger partial charge in [-0.2, -0.15) is 13.2 Å². The molecule has 1 amide bonds. The predicted molar refractivity (Wildman–Crippen MR) is 125 cm³/mol. The first-order valence-electron chi connectivity index (χ1n) is 10.5. The molecule has 0 unspecified atom stereocenters. The Morgan fingerprint density at radius 1 is 0.857 bits per heavy atom. The summed E-state index contributed by atoms with van der Waals surface area (Å²) in [5, 5.41) is 2.66. The number of ether oxygens (including phenoxy) is 2. The molecule has 0 heterocycles. The van der Waals surface area contributed by atoms with Gasteiger partial charge in [-0.15, -0.1) is 0 Å². The number of carbonyl (C=O) groups is 1. The van der Waals surface area contributed by atoms with Crippen LogP contribution in [0.5, 0.6) is 11.5 Å². The molecular weight excluding hydrogens is 485 g/mol. The van der Waals surface area contributed by atoms with Crippen LogP contribution in [-0.4, -0.2) is 27.5 Å². The molecule has 0 saturated heterocycles. The summed E-state index contributed by atoms with van der Waals surface area (Å²) in [7, 11) is -4.16. The molecule has 0 aromatic heterocycles. The van der Waals surface area contributed by atoms with Gasteiger partial charge in [-0.3, -0.25) is 9.52 Å². The van der Waals surface area contributed by atoms with Crippen molar-refractivity contribution in [1.82, 2.24) is 0 Å². The fourth-order valence-corrected chi connectivity index (χ4v) is 4.14. The first-order valence-corrected chi connectivity index (χ1v) is 12.0. The fourth-order valence-electron chi connectivity index (χ4n) is 3.09. The molecular formula is C24H23F3N2O5S. The summed E-state index contributed by atoms with van der Waals surface area (Å²) in [5.74, 6) is 0.476. The number of benzene rings is 3. The number of rotatable bonds is 9. The number of sulfonamides is 1. The van der Waals surface area contributed by atoms with Crippen molar-refractivity contribution in [3.63, 3.8) is 0 Å². The second-order valence-electron chi connectivity index (χ2n) is 7.19. The smallest absolute Gasteiger partial charge is 0.416 e. The minimum absolute atomic E-state index is 0.187. The van der Waals surface area contributed by atoms with Crippen LogP contribution in [0.1, 0.15) is 29.8 Å². The second kappa shape index (κ2) is 10.7. The lowest BCUT2D eigenvalue weighted by molar-refractivity contribution is -0.137. The number of halogens is 3. The van der Waals surface area contributed by atoms with Crippen LogP contribution < -0.4 is 19.5 Å². The molecule has 2 N–H and O–H groups in total. The summed E-state index contributed by atoms with van der Waals surface area (Å²) in [6.07, 6.45) is -4.60. The highest BCUT2D eigenvalue weighted by Gasteiger charge is 2.30. The van der Waals surface area contributed by atoms with Gasteiger partial charge in [-0.25, -0.2) is 8.42 Å². The average Bonchev–Trinajstić information content (AvgIpc) is 2.80. The first-order chi connectivity index (χ1) is 16.5. The van der Waals surface area contributed by atoms with Crippen LogP contribution in [0.2, 0.25) is 0 Å². The average molecular weight is 509 g/mol. The Kier molecular flexibility index (Phi) is 7.90. The summed E-state index contributed by atoms with van der Waals surface area (Å²) in [6, 6.07) is 13.8. The maximum atomic E-state index is 12.9. The molecule has 3 aromatic rings. The lowest BCUT2D eigenvalue weighted by Crippen LogP contribution is -2.15. The summed E-state index contributed by atoms with van der Waals surface area (Å²) in [5.41, 5.74) is -0.574. The molecule has 11 heteroatoms. The third-order valence-corrected chi connectivity index (χ3v) is 6.07. The third-order valence-electron chi connectivity index (χ3n) is 4.67. The Morgan fingerprint density at radius 3 is 2.14 bits per heavy atom. The summed E-state index contributed by atoms with van der Waals surface area (Å²) >= 11 is 0. The molecule has 0 spiro atoms. The molecule has 186 valence electrons. The maximum absolute atomic E-state index is 12.9. The molecule has 0 bridgehead atoms. The molecule has 0 aliphatic heterocycles. The molecule has 0 radical (unpaired) electrons. The van der Waals surface area contributed by atoms with Crippen molar-refractivity contribution in [2.75, 3.05) is 23.3 Å². The van der Waals surface area contributed by atoms with E-state index in [-0.39, 0.29) is 10.6 Å². The number of nitrogens with one attached hydrogen (secondary N) is 2. The number of alkyl halides is 3. The largest absolute Gasteiger partial charge is 0.490 e. The van der Waals surface area contributed by atoms with Gasteiger partial charge in [0.15, 0.2) is 11.5 Å². The lowest BCUT2D eigenvalue weighted by Gasteiger charge is -2.13. The van der Waals surface area contributed by atoms with E-state index in [0.29, 0.717) is 42.0 Å². The van der Waals surface area contributed by atoms with Gasteiger partial charge in [0.05, 0.1) is 23.7 Å². The molecule has 0 atom stereocenters. The van der Waals surface area contributed by atoms with Crippen molar-refractivity contribution in [2.24, 2.45) is 0 Å². The Morgan fingerprint density at radius 2 is 1.51 bits per heavy atom. The van der Waals surface area contributed by atoms with Gasteiger partial charge in [0.2, 0.25) is 0 Å². The van der Waals surface area contributed by atoms with Crippen LogP contribution in [0.4, 0.5) is 24.5 Å². The highest BCUT2D eigenvalue weighted by molar-refractivity contribution is 7.92. The Bertz CT molecular complexity index is 1290. The lowest BCUT2D eigenvalue weighted by atomic mass is 10.2. The van der Waals surface area contributed by atoms with E-state index in [1.165, 1.54) is 30.3 Å². The minimum Gasteiger partial charge on any atom is -0.490 e. The van der Waals surface area contributed by atoms with E-state index in [9.17, 15) is 26.4 Å². The van der Waals surface area contributed by atoms with Crippen molar-refractivity contribution in [2.45, 2.75) is 24.9 Å². The van der Waals surface area contributed by atoms with Crippen LogP contribution >= 0.6 is 0 Å². The van der Waals surface area contributed by atoms with E-state index in [1.807, 2.05) is 6.92 Å². The molecule has 3 aromatic carbocycles. The molecule has 35 heavy (non-hydrogen) atoms. The molecule has 3 rings (SSSR count). The summed E-state index contributed by atoms with van der Waals surface area (Å²) in [6.45, 7) is 4.45. The zero-order valence-electron chi connectivity index (χ0n) is 18.8. The summed E-state index contributed by atoms with van der Waals surface area (Å²) < 4.78 is 77.0. The monoisotopic (exact) mass is 508 g/mol. The van der Waals surface area contributed by atoms with Crippen molar-refractivity contribution in [1.29, 1.82) is 0 Å².